The first-order valence-electron chi connectivity index (χ1n) is 14.3. The molecular formula is C31H41F2NO6. The molecule has 1 aliphatic rings. The molecule has 40 heavy (non-hydrogen) atoms. The van der Waals surface area contributed by atoms with Gasteiger partial charge >= 0.3 is 12.1 Å². The fourth-order valence-electron chi connectivity index (χ4n) is 5.00. The van der Waals surface area contributed by atoms with Gasteiger partial charge in [0.2, 0.25) is 0 Å². The molecule has 0 aliphatic heterocycles. The Labute approximate surface area is 235 Å². The fraction of sp³-hybridized carbons (Fsp3) is 0.548. The molecule has 9 heteroatoms. The van der Waals surface area contributed by atoms with E-state index in [1.807, 2.05) is 0 Å². The van der Waals surface area contributed by atoms with E-state index in [9.17, 15) is 23.5 Å². The van der Waals surface area contributed by atoms with Crippen LogP contribution in [0.3, 0.4) is 0 Å². The third kappa shape index (κ3) is 10.8. The Balaban J connectivity index is 1.51. The van der Waals surface area contributed by atoms with Crippen molar-refractivity contribution in [3.05, 3.63) is 65.2 Å². The van der Waals surface area contributed by atoms with Gasteiger partial charge in [0.25, 0.3) is 0 Å². The Hall–Kier alpha value is -3.20. The Morgan fingerprint density at radius 1 is 1.02 bits per heavy atom. The summed E-state index contributed by atoms with van der Waals surface area (Å²) in [6, 6.07) is 10.3. The normalized spacial score (nSPS) is 14.5. The number of hydrogen-bond donors (Lipinski definition) is 1. The largest absolute Gasteiger partial charge is 0.492 e. The second-order valence-corrected chi connectivity index (χ2v) is 10.3. The van der Waals surface area contributed by atoms with E-state index in [2.05, 4.69) is 0 Å². The van der Waals surface area contributed by atoms with E-state index in [-0.39, 0.29) is 31.7 Å². The lowest BCUT2D eigenvalue weighted by atomic mass is 9.86. The Kier molecular flexibility index (Phi) is 13.2. The summed E-state index contributed by atoms with van der Waals surface area (Å²) in [6.07, 6.45) is 8.25. The number of carbonyl (C=O) groups is 2. The van der Waals surface area contributed by atoms with Gasteiger partial charge in [-0.25, -0.2) is 18.4 Å². The summed E-state index contributed by atoms with van der Waals surface area (Å²) in [4.78, 5) is 25.8. The van der Waals surface area contributed by atoms with Crippen molar-refractivity contribution in [2.75, 3.05) is 26.3 Å². The van der Waals surface area contributed by atoms with E-state index >= 15 is 0 Å². The summed E-state index contributed by atoms with van der Waals surface area (Å²) in [5.74, 6) is -1.09. The van der Waals surface area contributed by atoms with Crippen LogP contribution in [0.25, 0.3) is 0 Å². The number of amides is 1. The zero-order chi connectivity index (χ0) is 28.7. The lowest BCUT2D eigenvalue weighted by molar-refractivity contribution is -0.149. The molecule has 2 aromatic rings. The summed E-state index contributed by atoms with van der Waals surface area (Å²) in [5.41, 5.74) is 0.919. The minimum atomic E-state index is -1.00. The first-order chi connectivity index (χ1) is 19.4. The minimum Gasteiger partial charge on any atom is -0.492 e. The van der Waals surface area contributed by atoms with Crippen LogP contribution in [0.4, 0.5) is 13.6 Å². The van der Waals surface area contributed by atoms with Gasteiger partial charge < -0.3 is 24.2 Å². The van der Waals surface area contributed by atoms with Crippen molar-refractivity contribution in [2.24, 2.45) is 5.92 Å². The lowest BCUT2D eigenvalue weighted by Gasteiger charge is -2.24. The maximum Gasteiger partial charge on any atom is 0.410 e. The van der Waals surface area contributed by atoms with Gasteiger partial charge in [0.1, 0.15) is 30.6 Å². The van der Waals surface area contributed by atoms with Crippen LogP contribution < -0.4 is 4.74 Å². The van der Waals surface area contributed by atoms with Crippen molar-refractivity contribution in [1.82, 2.24) is 4.90 Å². The maximum atomic E-state index is 14.0. The molecule has 0 bridgehead atoms. The van der Waals surface area contributed by atoms with Crippen molar-refractivity contribution in [3.63, 3.8) is 0 Å². The number of carboxylic acids is 1. The average molecular weight is 562 g/mol. The number of hydrogen-bond acceptors (Lipinski definition) is 5. The molecule has 7 nitrogen and oxygen atoms in total. The van der Waals surface area contributed by atoms with Gasteiger partial charge in [-0.15, -0.1) is 0 Å². The van der Waals surface area contributed by atoms with Crippen molar-refractivity contribution < 1.29 is 37.7 Å². The minimum absolute atomic E-state index is 0.109. The Bertz CT molecular complexity index is 1060. The van der Waals surface area contributed by atoms with Crippen molar-refractivity contribution >= 4 is 12.1 Å². The summed E-state index contributed by atoms with van der Waals surface area (Å²) >= 11 is 0. The van der Waals surface area contributed by atoms with Gasteiger partial charge in [-0.2, -0.15) is 0 Å². The average Bonchev–Trinajstić information content (AvgIpc) is 2.94. The molecule has 1 saturated carbocycles. The van der Waals surface area contributed by atoms with E-state index in [4.69, 9.17) is 14.2 Å². The zero-order valence-corrected chi connectivity index (χ0v) is 23.3. The van der Waals surface area contributed by atoms with Crippen molar-refractivity contribution in [2.45, 2.75) is 77.4 Å². The SMILES string of the molecule is CCOC(Cc1ccc(OCCN(CCCCC2CCCCC2)C(=O)OCc2ccc(F)cc2F)cc1)C(=O)O. The van der Waals surface area contributed by atoms with Gasteiger partial charge in [0, 0.05) is 31.2 Å². The quantitative estimate of drug-likeness (QED) is 0.228. The first-order valence-corrected chi connectivity index (χ1v) is 14.3. The monoisotopic (exact) mass is 561 g/mol. The van der Waals surface area contributed by atoms with E-state index in [0.29, 0.717) is 18.9 Å². The lowest BCUT2D eigenvalue weighted by Crippen LogP contribution is -2.36. The third-order valence-electron chi connectivity index (χ3n) is 7.26. The summed E-state index contributed by atoms with van der Waals surface area (Å²) < 4.78 is 43.7. The zero-order valence-electron chi connectivity index (χ0n) is 23.3. The van der Waals surface area contributed by atoms with E-state index in [1.165, 1.54) is 38.2 Å². The molecular weight excluding hydrogens is 520 g/mol. The van der Waals surface area contributed by atoms with Gasteiger partial charge in [-0.1, -0.05) is 57.1 Å². The highest BCUT2D eigenvalue weighted by molar-refractivity contribution is 5.72. The fourth-order valence-corrected chi connectivity index (χ4v) is 5.00. The van der Waals surface area contributed by atoms with Crippen LogP contribution in [0.5, 0.6) is 5.75 Å². The number of carbonyl (C=O) groups excluding carboxylic acids is 1. The molecule has 1 atom stereocenters. The molecule has 2 aromatic carbocycles. The smallest absolute Gasteiger partial charge is 0.410 e. The molecule has 220 valence electrons. The van der Waals surface area contributed by atoms with Crippen molar-refractivity contribution in [3.8, 4) is 5.75 Å². The van der Waals surface area contributed by atoms with E-state index in [1.54, 1.807) is 36.1 Å². The third-order valence-corrected chi connectivity index (χ3v) is 7.26. The molecule has 1 unspecified atom stereocenters. The summed E-state index contributed by atoms with van der Waals surface area (Å²) in [7, 11) is 0. The van der Waals surface area contributed by atoms with Crippen LogP contribution in [0, 0.1) is 17.6 Å². The number of ether oxygens (including phenoxy) is 3. The summed E-state index contributed by atoms with van der Waals surface area (Å²) in [6.45, 7) is 2.78. The molecule has 1 amide bonds. The molecule has 0 radical (unpaired) electrons. The predicted molar refractivity (Wildman–Crippen MR) is 147 cm³/mol. The standard InChI is InChI=1S/C31H41F2NO6/c1-2-38-29(30(35)36)20-24-11-15-27(16-12-24)39-19-18-34(17-7-6-10-23-8-4-3-5-9-23)31(37)40-22-25-13-14-26(32)21-28(25)33/h11-16,21,23,29H,2-10,17-20,22H2,1H3,(H,35,36). The van der Waals surface area contributed by atoms with Crippen LogP contribution in [0.15, 0.2) is 42.5 Å². The highest BCUT2D eigenvalue weighted by Gasteiger charge is 2.19. The molecule has 1 N–H and O–H groups in total. The second kappa shape index (κ2) is 16.8. The van der Waals surface area contributed by atoms with Crippen molar-refractivity contribution in [1.29, 1.82) is 0 Å². The Morgan fingerprint density at radius 3 is 2.45 bits per heavy atom. The number of benzene rings is 2. The van der Waals surface area contributed by atoms with Crippen LogP contribution >= 0.6 is 0 Å². The summed E-state index contributed by atoms with van der Waals surface area (Å²) in [5, 5.41) is 9.28. The number of nitrogens with zero attached hydrogens (tertiary/aromatic N) is 1. The molecule has 3 rings (SSSR count). The van der Waals surface area contributed by atoms with E-state index in [0.717, 1.165) is 42.9 Å². The van der Waals surface area contributed by atoms with E-state index < -0.39 is 29.8 Å². The number of carboxylic acid groups (broad SMARTS) is 1. The maximum absolute atomic E-state index is 14.0. The molecule has 0 spiro atoms. The van der Waals surface area contributed by atoms with Gasteiger partial charge in [0.15, 0.2) is 6.10 Å². The first kappa shape index (κ1) is 31.3. The van der Waals surface area contributed by atoms with Crippen LogP contribution in [0.1, 0.15) is 69.4 Å². The number of aliphatic carboxylic acids is 1. The van der Waals surface area contributed by atoms with Gasteiger partial charge in [-0.05, 0) is 49.1 Å². The Morgan fingerprint density at radius 2 is 1.77 bits per heavy atom. The molecule has 0 aromatic heterocycles. The second-order valence-electron chi connectivity index (χ2n) is 10.3. The number of halogens is 2. The topological polar surface area (TPSA) is 85.3 Å². The number of unbranched alkanes of at least 4 members (excludes halogenated alkanes) is 1. The molecule has 0 heterocycles. The van der Waals surface area contributed by atoms with Crippen LogP contribution in [-0.2, 0) is 27.3 Å². The van der Waals surface area contributed by atoms with Gasteiger partial charge in [-0.3, -0.25) is 0 Å². The highest BCUT2D eigenvalue weighted by atomic mass is 19.1. The molecule has 1 aliphatic carbocycles. The van der Waals surface area contributed by atoms with Gasteiger partial charge in [0.05, 0.1) is 6.54 Å². The van der Waals surface area contributed by atoms with Crippen LogP contribution in [0.2, 0.25) is 0 Å². The molecule has 1 fully saturated rings. The molecule has 0 saturated heterocycles. The number of rotatable bonds is 16. The predicted octanol–water partition coefficient (Wildman–Crippen LogP) is 6.77. The van der Waals surface area contributed by atoms with Crippen LogP contribution in [-0.4, -0.2) is 54.5 Å². The highest BCUT2D eigenvalue weighted by Crippen LogP contribution is 2.27.